The average Bonchev–Trinajstić information content (AvgIpc) is 3.16. The van der Waals surface area contributed by atoms with E-state index in [1.165, 1.54) is 11.3 Å². The normalized spacial score (nSPS) is 10.5. The number of rotatable bonds is 4. The Morgan fingerprint density at radius 2 is 2.00 bits per heavy atom. The summed E-state index contributed by atoms with van der Waals surface area (Å²) >= 11 is 7.09. The Hall–Kier alpha value is -2.11. The first kappa shape index (κ1) is 13.9. The minimum atomic E-state index is -0.107. The Kier molecular flexibility index (Phi) is 4.03. The second-order valence-electron chi connectivity index (χ2n) is 4.45. The van der Waals surface area contributed by atoms with Gasteiger partial charge < -0.3 is 5.32 Å². The van der Waals surface area contributed by atoms with Crippen molar-refractivity contribution in [3.05, 3.63) is 63.4 Å². The van der Waals surface area contributed by atoms with Crippen molar-refractivity contribution in [1.82, 2.24) is 15.5 Å². The zero-order valence-electron chi connectivity index (χ0n) is 11.0. The van der Waals surface area contributed by atoms with Gasteiger partial charge in [-0.2, -0.15) is 5.10 Å². The molecule has 106 valence electrons. The van der Waals surface area contributed by atoms with Crippen molar-refractivity contribution in [3.63, 3.8) is 0 Å². The van der Waals surface area contributed by atoms with E-state index in [0.29, 0.717) is 15.8 Å². The van der Waals surface area contributed by atoms with Gasteiger partial charge in [0.25, 0.3) is 5.91 Å². The predicted molar refractivity (Wildman–Crippen MR) is 84.5 cm³/mol. The number of thiophene rings is 1. The topological polar surface area (TPSA) is 57.8 Å². The second-order valence-corrected chi connectivity index (χ2v) is 6.17. The van der Waals surface area contributed by atoms with Crippen LogP contribution >= 0.6 is 22.9 Å². The van der Waals surface area contributed by atoms with E-state index in [1.807, 2.05) is 30.3 Å². The van der Waals surface area contributed by atoms with Crippen LogP contribution in [-0.4, -0.2) is 16.1 Å². The highest BCUT2D eigenvalue weighted by molar-refractivity contribution is 7.17. The molecule has 2 heterocycles. The lowest BCUT2D eigenvalue weighted by Crippen LogP contribution is -2.21. The van der Waals surface area contributed by atoms with Crippen molar-refractivity contribution in [3.8, 4) is 11.3 Å². The van der Waals surface area contributed by atoms with Crippen LogP contribution in [0, 0.1) is 0 Å². The fourth-order valence-electron chi connectivity index (χ4n) is 1.92. The van der Waals surface area contributed by atoms with Gasteiger partial charge in [-0.25, -0.2) is 0 Å². The molecule has 3 rings (SSSR count). The highest BCUT2D eigenvalue weighted by Gasteiger charge is 2.08. The Morgan fingerprint density at radius 1 is 1.19 bits per heavy atom. The number of hydrogen-bond donors (Lipinski definition) is 2. The van der Waals surface area contributed by atoms with Crippen LogP contribution in [0.1, 0.15) is 15.2 Å². The molecular weight excluding hydrogens is 306 g/mol. The fraction of sp³-hybridized carbons (Fsp3) is 0.0667. The molecule has 0 aliphatic rings. The van der Waals surface area contributed by atoms with E-state index in [2.05, 4.69) is 15.5 Å². The van der Waals surface area contributed by atoms with Crippen molar-refractivity contribution >= 4 is 28.8 Å². The molecule has 0 aliphatic heterocycles. The van der Waals surface area contributed by atoms with Crippen molar-refractivity contribution in [2.45, 2.75) is 6.54 Å². The molecule has 4 nitrogen and oxygen atoms in total. The summed E-state index contributed by atoms with van der Waals surface area (Å²) < 4.78 is 0.615. The quantitative estimate of drug-likeness (QED) is 0.770. The van der Waals surface area contributed by atoms with Crippen LogP contribution in [0.2, 0.25) is 4.34 Å². The first-order chi connectivity index (χ1) is 10.2. The van der Waals surface area contributed by atoms with E-state index in [1.54, 1.807) is 18.3 Å². The maximum absolute atomic E-state index is 11.9. The summed E-state index contributed by atoms with van der Waals surface area (Å²) in [6, 6.07) is 13.3. The highest BCUT2D eigenvalue weighted by atomic mass is 35.5. The van der Waals surface area contributed by atoms with E-state index in [9.17, 15) is 4.79 Å². The summed E-state index contributed by atoms with van der Waals surface area (Å²) in [4.78, 5) is 12.5. The van der Waals surface area contributed by atoms with Gasteiger partial charge in [-0.15, -0.1) is 11.3 Å². The molecule has 1 amide bonds. The van der Waals surface area contributed by atoms with Gasteiger partial charge in [0.1, 0.15) is 0 Å². The molecule has 0 unspecified atom stereocenters. The molecule has 0 atom stereocenters. The van der Waals surface area contributed by atoms with Gasteiger partial charge in [0.15, 0.2) is 0 Å². The third kappa shape index (κ3) is 3.32. The number of aromatic nitrogens is 2. The van der Waals surface area contributed by atoms with Crippen LogP contribution in [-0.2, 0) is 6.54 Å². The summed E-state index contributed by atoms with van der Waals surface area (Å²) in [5, 5.41) is 9.72. The first-order valence-electron chi connectivity index (χ1n) is 6.34. The van der Waals surface area contributed by atoms with Crippen LogP contribution in [0.25, 0.3) is 11.3 Å². The molecule has 0 bridgehead atoms. The molecule has 3 aromatic rings. The van der Waals surface area contributed by atoms with Gasteiger partial charge >= 0.3 is 0 Å². The highest BCUT2D eigenvalue weighted by Crippen LogP contribution is 2.21. The monoisotopic (exact) mass is 317 g/mol. The van der Waals surface area contributed by atoms with Crippen molar-refractivity contribution in [2.75, 3.05) is 0 Å². The predicted octanol–water partition coefficient (Wildman–Crippen LogP) is 3.72. The molecule has 2 N–H and O–H groups in total. The summed E-state index contributed by atoms with van der Waals surface area (Å²) in [6.45, 7) is 0.484. The van der Waals surface area contributed by atoms with Crippen LogP contribution < -0.4 is 5.32 Å². The Bertz CT molecular complexity index is 735. The number of carbonyl (C=O) groups excluding carboxylic acids is 1. The zero-order valence-corrected chi connectivity index (χ0v) is 12.5. The number of nitrogens with zero attached hydrogens (tertiary/aromatic N) is 1. The number of nitrogens with one attached hydrogen (secondary N) is 2. The number of halogens is 1. The van der Waals surface area contributed by atoms with E-state index in [-0.39, 0.29) is 5.91 Å². The van der Waals surface area contributed by atoms with Gasteiger partial charge in [0.2, 0.25) is 0 Å². The molecule has 21 heavy (non-hydrogen) atoms. The van der Waals surface area contributed by atoms with Gasteiger partial charge in [-0.05, 0) is 29.3 Å². The Balaban J connectivity index is 1.62. The molecule has 2 aromatic heterocycles. The van der Waals surface area contributed by atoms with Crippen LogP contribution in [0.4, 0.5) is 0 Å². The molecule has 0 saturated heterocycles. The minimum absolute atomic E-state index is 0.107. The lowest BCUT2D eigenvalue weighted by Gasteiger charge is -2.05. The Morgan fingerprint density at radius 3 is 2.62 bits per heavy atom. The molecule has 1 aromatic carbocycles. The van der Waals surface area contributed by atoms with E-state index in [0.717, 1.165) is 16.8 Å². The van der Waals surface area contributed by atoms with Crippen LogP contribution in [0.3, 0.4) is 0 Å². The van der Waals surface area contributed by atoms with E-state index >= 15 is 0 Å². The number of carbonyl (C=O) groups is 1. The zero-order chi connectivity index (χ0) is 14.7. The maximum Gasteiger partial charge on any atom is 0.261 e. The third-order valence-electron chi connectivity index (χ3n) is 3.02. The molecule has 0 saturated carbocycles. The second kappa shape index (κ2) is 6.11. The van der Waals surface area contributed by atoms with E-state index < -0.39 is 0 Å². The van der Waals surface area contributed by atoms with Crippen LogP contribution in [0.5, 0.6) is 0 Å². The third-order valence-corrected chi connectivity index (χ3v) is 4.25. The van der Waals surface area contributed by atoms with Crippen molar-refractivity contribution in [1.29, 1.82) is 0 Å². The largest absolute Gasteiger partial charge is 0.347 e. The van der Waals surface area contributed by atoms with Gasteiger partial charge in [-0.1, -0.05) is 35.9 Å². The summed E-state index contributed by atoms with van der Waals surface area (Å²) in [7, 11) is 0. The molecule has 6 heteroatoms. The maximum atomic E-state index is 11.9. The van der Waals surface area contributed by atoms with Crippen molar-refractivity contribution in [2.24, 2.45) is 0 Å². The van der Waals surface area contributed by atoms with Gasteiger partial charge in [0.05, 0.1) is 14.9 Å². The fourth-order valence-corrected chi connectivity index (χ4v) is 2.88. The smallest absolute Gasteiger partial charge is 0.261 e. The number of amides is 1. The van der Waals surface area contributed by atoms with Crippen molar-refractivity contribution < 1.29 is 4.79 Å². The number of hydrogen-bond acceptors (Lipinski definition) is 3. The molecule has 0 radical (unpaired) electrons. The number of aromatic amines is 1. The number of benzene rings is 1. The first-order valence-corrected chi connectivity index (χ1v) is 7.54. The lowest BCUT2D eigenvalue weighted by molar-refractivity contribution is 0.0955. The average molecular weight is 318 g/mol. The molecule has 0 spiro atoms. The van der Waals surface area contributed by atoms with E-state index in [4.69, 9.17) is 11.6 Å². The molecule has 0 aliphatic carbocycles. The molecular formula is C15H12ClN3OS. The summed E-state index contributed by atoms with van der Waals surface area (Å²) in [5.41, 5.74) is 3.07. The number of H-pyrrole nitrogens is 1. The molecule has 0 fully saturated rings. The van der Waals surface area contributed by atoms with Gasteiger partial charge in [-0.3, -0.25) is 9.89 Å². The Labute approximate surface area is 130 Å². The summed E-state index contributed by atoms with van der Waals surface area (Å²) in [5.74, 6) is -0.107. The minimum Gasteiger partial charge on any atom is -0.347 e. The standard InChI is InChI=1S/C15H12ClN3OS/c16-14-6-5-13(21-14)15(20)17-9-10-1-3-11(4-2-10)12-7-8-18-19-12/h1-8H,9H2,(H,17,20)(H,18,19). The lowest BCUT2D eigenvalue weighted by atomic mass is 10.1. The SMILES string of the molecule is O=C(NCc1ccc(-c2ccn[nH]2)cc1)c1ccc(Cl)s1. The summed E-state index contributed by atoms with van der Waals surface area (Å²) in [6.07, 6.45) is 1.72. The van der Waals surface area contributed by atoms with Gasteiger partial charge in [0, 0.05) is 12.7 Å². The van der Waals surface area contributed by atoms with Crippen LogP contribution in [0.15, 0.2) is 48.7 Å².